The summed E-state index contributed by atoms with van der Waals surface area (Å²) in [5.41, 5.74) is 0. The molecule has 0 aliphatic heterocycles. The molecule has 70 valence electrons. The summed E-state index contributed by atoms with van der Waals surface area (Å²) in [5.74, 6) is 0.219. The quantitative estimate of drug-likeness (QED) is 0.145. The Morgan fingerprint density at radius 2 is 2.33 bits per heavy atom. The zero-order chi connectivity index (χ0) is 9.40. The summed E-state index contributed by atoms with van der Waals surface area (Å²) in [5, 5.41) is 17.4. The first-order chi connectivity index (χ1) is 5.66. The minimum atomic E-state index is -0.763. The lowest BCUT2D eigenvalue weighted by molar-refractivity contribution is -0.485. The van der Waals surface area contributed by atoms with Gasteiger partial charge in [0.15, 0.2) is 10.9 Å². The van der Waals surface area contributed by atoms with E-state index < -0.39 is 5.03 Å². The first-order valence-electron chi connectivity index (χ1n) is 3.32. The summed E-state index contributed by atoms with van der Waals surface area (Å²) in [6.45, 7) is 2.08. The molecule has 0 fully saturated rings. The number of amidine groups is 1. The zero-order valence-electron chi connectivity index (χ0n) is 7.03. The summed E-state index contributed by atoms with van der Waals surface area (Å²) in [4.78, 5) is 9.82. The first kappa shape index (κ1) is 10.8. The van der Waals surface area contributed by atoms with Gasteiger partial charge >= 0.3 is 0 Å². The van der Waals surface area contributed by atoms with Crippen molar-refractivity contribution in [1.82, 2.24) is 10.6 Å². The molecule has 12 heavy (non-hydrogen) atoms. The van der Waals surface area contributed by atoms with Crippen molar-refractivity contribution in [3.63, 3.8) is 0 Å². The monoisotopic (exact) mass is 176 g/mol. The maximum absolute atomic E-state index is 9.82. The molecule has 0 aliphatic carbocycles. The van der Waals surface area contributed by atoms with Crippen LogP contribution in [0.25, 0.3) is 0 Å². The number of nitrogens with zero attached hydrogens (tertiary/aromatic N) is 2. The fourth-order valence-corrected chi connectivity index (χ4v) is 0.466. The Kier molecular flexibility index (Phi) is 5.84. The summed E-state index contributed by atoms with van der Waals surface area (Å²) in [6, 6.07) is 0. The lowest BCUT2D eigenvalue weighted by atomic mass is 10.7. The van der Waals surface area contributed by atoms with Crippen molar-refractivity contribution in [2.75, 3.05) is 20.5 Å². The van der Waals surface area contributed by atoms with Gasteiger partial charge in [-0.1, -0.05) is 0 Å². The van der Waals surface area contributed by atoms with Crippen molar-refractivity contribution in [2.24, 2.45) is 5.10 Å². The van der Waals surface area contributed by atoms with Gasteiger partial charge in [-0.15, -0.1) is 0 Å². The molecule has 7 nitrogen and oxygen atoms in total. The van der Waals surface area contributed by atoms with E-state index >= 15 is 0 Å². The van der Waals surface area contributed by atoms with E-state index in [0.717, 1.165) is 0 Å². The average Bonchev–Trinajstić information content (AvgIpc) is 1.97. The van der Waals surface area contributed by atoms with Crippen molar-refractivity contribution >= 4 is 5.84 Å². The Labute approximate surface area is 69.9 Å². The van der Waals surface area contributed by atoms with E-state index in [1.54, 1.807) is 7.05 Å². The molecule has 0 amide bonds. The van der Waals surface area contributed by atoms with E-state index in [0.29, 0.717) is 6.73 Å². The third-order valence-electron chi connectivity index (χ3n) is 0.908. The van der Waals surface area contributed by atoms with Crippen LogP contribution in [0.15, 0.2) is 5.10 Å². The van der Waals surface area contributed by atoms with Gasteiger partial charge in [-0.2, -0.15) is 0 Å². The van der Waals surface area contributed by atoms with Crippen molar-refractivity contribution < 1.29 is 9.77 Å². The Bertz CT molecular complexity index is 170. The number of nitro groups is 1. The first-order valence-corrected chi connectivity index (χ1v) is 3.32. The van der Waals surface area contributed by atoms with Gasteiger partial charge in [0, 0.05) is 0 Å². The van der Waals surface area contributed by atoms with E-state index in [1.807, 2.05) is 0 Å². The topological polar surface area (TPSA) is 88.8 Å². The molecule has 0 bridgehead atoms. The van der Waals surface area contributed by atoms with Crippen LogP contribution < -0.4 is 10.6 Å². The third-order valence-corrected chi connectivity index (χ3v) is 0.908. The van der Waals surface area contributed by atoms with Crippen LogP contribution in [0.2, 0.25) is 0 Å². The predicted octanol–water partition coefficient (Wildman–Crippen LogP) is -0.663. The highest BCUT2D eigenvalue weighted by Gasteiger charge is 1.95. The summed E-state index contributed by atoms with van der Waals surface area (Å²) in [6.07, 6.45) is 0. The largest absolute Gasteiger partial charge is 0.346 e. The number of nitrogens with one attached hydrogen (secondary N) is 2. The highest BCUT2D eigenvalue weighted by atomic mass is 16.7. The second kappa shape index (κ2) is 6.50. The van der Waals surface area contributed by atoms with Crippen LogP contribution in [-0.4, -0.2) is 31.4 Å². The van der Waals surface area contributed by atoms with Crippen molar-refractivity contribution in [2.45, 2.75) is 6.92 Å². The minimum absolute atomic E-state index is 0.198. The molecule has 0 heterocycles. The van der Waals surface area contributed by atoms with Crippen molar-refractivity contribution in [1.29, 1.82) is 0 Å². The molecule has 0 rings (SSSR count). The molecule has 0 radical (unpaired) electrons. The average molecular weight is 176 g/mol. The Hall–Kier alpha value is -1.21. The van der Waals surface area contributed by atoms with Crippen LogP contribution in [0, 0.1) is 10.1 Å². The van der Waals surface area contributed by atoms with Gasteiger partial charge in [-0.25, -0.2) is 10.1 Å². The van der Waals surface area contributed by atoms with Crippen LogP contribution in [0.3, 0.4) is 0 Å². The van der Waals surface area contributed by atoms with E-state index in [4.69, 9.17) is 4.74 Å². The molecular formula is C5H12N4O3. The molecular weight excluding hydrogens is 164 g/mol. The van der Waals surface area contributed by atoms with E-state index in [2.05, 4.69) is 15.7 Å². The van der Waals surface area contributed by atoms with E-state index in [1.165, 1.54) is 6.92 Å². The molecule has 0 aromatic rings. The smallest absolute Gasteiger partial charge is 0.192 e. The van der Waals surface area contributed by atoms with Crippen molar-refractivity contribution in [3.05, 3.63) is 10.1 Å². The molecule has 2 N–H and O–H groups in total. The molecule has 0 unspecified atom stereocenters. The van der Waals surface area contributed by atoms with Gasteiger partial charge in [0.05, 0.1) is 11.8 Å². The lowest BCUT2D eigenvalue weighted by Crippen LogP contribution is -2.26. The van der Waals surface area contributed by atoms with E-state index in [-0.39, 0.29) is 12.6 Å². The van der Waals surface area contributed by atoms with Crippen molar-refractivity contribution in [3.8, 4) is 0 Å². The minimum Gasteiger partial charge on any atom is -0.346 e. The standard InChI is InChI=1S/C5H12N4O3/c1-5(8-9(10)11)7-4-12-3-6-2/h6H,3-4H2,1-2H3,(H,7,8). The fraction of sp³-hybridized carbons (Fsp3) is 0.800. The number of hydrazone groups is 1. The third kappa shape index (κ3) is 6.90. The molecule has 0 spiro atoms. The fourth-order valence-electron chi connectivity index (χ4n) is 0.466. The molecule has 0 saturated heterocycles. The number of ether oxygens (including phenoxy) is 1. The van der Waals surface area contributed by atoms with Gasteiger partial charge in [0.1, 0.15) is 6.73 Å². The predicted molar refractivity (Wildman–Crippen MR) is 43.1 cm³/mol. The Balaban J connectivity index is 3.43. The summed E-state index contributed by atoms with van der Waals surface area (Å²) < 4.78 is 4.91. The van der Waals surface area contributed by atoms with Crippen LogP contribution in [-0.2, 0) is 4.74 Å². The molecule has 0 saturated carbocycles. The lowest BCUT2D eigenvalue weighted by Gasteiger charge is -2.03. The van der Waals surface area contributed by atoms with Crippen LogP contribution in [0.4, 0.5) is 0 Å². The number of hydrogen-bond donors (Lipinski definition) is 2. The molecule has 7 heteroatoms. The normalized spacial score (nSPS) is 11.3. The number of hydrogen-bond acceptors (Lipinski definition) is 4. The Morgan fingerprint density at radius 1 is 1.67 bits per heavy atom. The van der Waals surface area contributed by atoms with Gasteiger partial charge in [0.2, 0.25) is 0 Å². The van der Waals surface area contributed by atoms with Crippen LogP contribution in [0.5, 0.6) is 0 Å². The number of rotatable bonds is 5. The SMILES string of the molecule is CNCOCN/C(C)=N\[N+](=O)[O-]. The highest BCUT2D eigenvalue weighted by Crippen LogP contribution is 1.74. The Morgan fingerprint density at radius 3 is 2.83 bits per heavy atom. The maximum Gasteiger partial charge on any atom is 0.192 e. The van der Waals surface area contributed by atoms with E-state index in [9.17, 15) is 10.1 Å². The van der Waals surface area contributed by atoms with Gasteiger partial charge < -0.3 is 10.1 Å². The maximum atomic E-state index is 9.82. The zero-order valence-corrected chi connectivity index (χ0v) is 7.03. The second-order valence-corrected chi connectivity index (χ2v) is 1.95. The summed E-state index contributed by atoms with van der Waals surface area (Å²) in [7, 11) is 1.73. The van der Waals surface area contributed by atoms with Crippen LogP contribution >= 0.6 is 0 Å². The highest BCUT2D eigenvalue weighted by molar-refractivity contribution is 5.78. The molecule has 0 aliphatic rings. The second-order valence-electron chi connectivity index (χ2n) is 1.95. The molecule has 0 atom stereocenters. The summed E-state index contributed by atoms with van der Waals surface area (Å²) >= 11 is 0. The molecule has 0 aromatic heterocycles. The molecule has 0 aromatic carbocycles. The van der Waals surface area contributed by atoms with Crippen LogP contribution in [0.1, 0.15) is 6.92 Å². The van der Waals surface area contributed by atoms with Gasteiger partial charge in [-0.3, -0.25) is 5.32 Å². The van der Waals surface area contributed by atoms with Gasteiger partial charge in [-0.05, 0) is 14.0 Å². The van der Waals surface area contributed by atoms with Gasteiger partial charge in [0.25, 0.3) is 0 Å².